The number of nitrogens with one attached hydrogen (secondary N) is 1. The molecule has 0 saturated carbocycles. The molecule has 0 radical (unpaired) electrons. The first-order valence-electron chi connectivity index (χ1n) is 9.12. The fourth-order valence-electron chi connectivity index (χ4n) is 3.30. The number of rotatable bonds is 7. The Morgan fingerprint density at radius 3 is 2.44 bits per heavy atom. The zero-order valence-corrected chi connectivity index (χ0v) is 15.8. The van der Waals surface area contributed by atoms with Crippen molar-refractivity contribution >= 4 is 11.7 Å². The lowest BCUT2D eigenvalue weighted by Gasteiger charge is -2.17. The molecule has 6 nitrogen and oxygen atoms in total. The number of ketones is 1. The molecular formula is C21H27NO5. The van der Waals surface area contributed by atoms with Gasteiger partial charge in [-0.2, -0.15) is 0 Å². The maximum atomic E-state index is 12.7. The van der Waals surface area contributed by atoms with E-state index in [4.69, 9.17) is 0 Å². The molecule has 0 aromatic heterocycles. The summed E-state index contributed by atoms with van der Waals surface area (Å²) >= 11 is 0. The Balaban J connectivity index is 2.18. The molecule has 6 heteroatoms. The molecule has 0 aliphatic carbocycles. The number of phenols is 1. The van der Waals surface area contributed by atoms with Crippen molar-refractivity contribution in [2.24, 2.45) is 11.8 Å². The number of hydrogen-bond acceptors (Lipinski definition) is 5. The maximum absolute atomic E-state index is 12.7. The highest BCUT2D eigenvalue weighted by molar-refractivity contribution is 6.27. The van der Waals surface area contributed by atoms with Gasteiger partial charge in [0.15, 0.2) is 5.78 Å². The molecule has 4 N–H and O–H groups in total. The minimum absolute atomic E-state index is 0.0341. The minimum Gasteiger partial charge on any atom is -0.511 e. The summed E-state index contributed by atoms with van der Waals surface area (Å²) in [6.07, 6.45) is 4.22. The quantitative estimate of drug-likeness (QED) is 0.254. The van der Waals surface area contributed by atoms with Crippen LogP contribution < -0.4 is 5.32 Å². The van der Waals surface area contributed by atoms with Crippen LogP contribution >= 0.6 is 0 Å². The van der Waals surface area contributed by atoms with E-state index >= 15 is 0 Å². The standard InChI is InChI=1S/C21H27NO5/c1-4-5-6-12(2)11-13(3)18(24)16-20(26)17(22-21(16)27)19(25)14-7-9-15(23)10-8-14/h4-5,7-10,12-13,17,19,23-25H,6,11H2,1-3H3,(H,22,27)/b5-4+,18-16+. The molecule has 0 spiro atoms. The number of aliphatic hydroxyl groups excluding tert-OH is 2. The number of carbonyl (C=O) groups excluding carboxylic acids is 2. The molecule has 1 heterocycles. The van der Waals surface area contributed by atoms with Crippen molar-refractivity contribution in [3.63, 3.8) is 0 Å². The van der Waals surface area contributed by atoms with Crippen LogP contribution in [0, 0.1) is 11.8 Å². The zero-order chi connectivity index (χ0) is 20.1. The molecule has 4 unspecified atom stereocenters. The lowest BCUT2D eigenvalue weighted by atomic mass is 9.90. The van der Waals surface area contributed by atoms with Gasteiger partial charge in [0.25, 0.3) is 5.91 Å². The van der Waals surface area contributed by atoms with Gasteiger partial charge < -0.3 is 20.6 Å². The Morgan fingerprint density at radius 2 is 1.85 bits per heavy atom. The van der Waals surface area contributed by atoms with Crippen molar-refractivity contribution in [2.75, 3.05) is 0 Å². The predicted molar refractivity (Wildman–Crippen MR) is 102 cm³/mol. The van der Waals surface area contributed by atoms with E-state index in [-0.39, 0.29) is 28.9 Å². The summed E-state index contributed by atoms with van der Waals surface area (Å²) in [5, 5.41) is 32.8. The highest BCUT2D eigenvalue weighted by atomic mass is 16.3. The number of Topliss-reactive ketones (excluding diaryl/α,β-unsaturated/α-hetero) is 1. The number of carbonyl (C=O) groups is 2. The second kappa shape index (κ2) is 8.86. The van der Waals surface area contributed by atoms with Gasteiger partial charge in [-0.15, -0.1) is 0 Å². The van der Waals surface area contributed by atoms with E-state index in [0.717, 1.165) is 6.42 Å². The Labute approximate surface area is 159 Å². The van der Waals surface area contributed by atoms with Crippen LogP contribution in [0.1, 0.15) is 45.3 Å². The van der Waals surface area contributed by atoms with Crippen LogP contribution in [0.4, 0.5) is 0 Å². The van der Waals surface area contributed by atoms with Crippen molar-refractivity contribution in [3.05, 3.63) is 53.3 Å². The largest absolute Gasteiger partial charge is 0.511 e. The monoisotopic (exact) mass is 373 g/mol. The third-order valence-corrected chi connectivity index (χ3v) is 4.85. The highest BCUT2D eigenvalue weighted by Crippen LogP contribution is 2.29. The third-order valence-electron chi connectivity index (χ3n) is 4.85. The average Bonchev–Trinajstić information content (AvgIpc) is 2.93. The van der Waals surface area contributed by atoms with E-state index in [9.17, 15) is 24.9 Å². The average molecular weight is 373 g/mol. The number of aromatic hydroxyl groups is 1. The van der Waals surface area contributed by atoms with Crippen LogP contribution in [0.2, 0.25) is 0 Å². The predicted octanol–water partition coefficient (Wildman–Crippen LogP) is 2.93. The van der Waals surface area contributed by atoms with E-state index in [2.05, 4.69) is 5.32 Å². The van der Waals surface area contributed by atoms with E-state index in [0.29, 0.717) is 12.0 Å². The first-order valence-corrected chi connectivity index (χ1v) is 9.12. The summed E-state index contributed by atoms with van der Waals surface area (Å²) in [5.74, 6) is -1.55. The molecule has 1 aliphatic rings. The van der Waals surface area contributed by atoms with E-state index in [1.165, 1.54) is 24.3 Å². The minimum atomic E-state index is -1.27. The van der Waals surface area contributed by atoms with Gasteiger partial charge in [-0.05, 0) is 43.4 Å². The Morgan fingerprint density at radius 1 is 1.22 bits per heavy atom. The first-order chi connectivity index (χ1) is 12.8. The second-order valence-corrected chi connectivity index (χ2v) is 7.16. The summed E-state index contributed by atoms with van der Waals surface area (Å²) < 4.78 is 0. The van der Waals surface area contributed by atoms with Gasteiger partial charge in [-0.1, -0.05) is 38.1 Å². The van der Waals surface area contributed by atoms with Gasteiger partial charge in [0.1, 0.15) is 29.2 Å². The number of amides is 1. The first kappa shape index (κ1) is 20.7. The molecule has 4 atom stereocenters. The summed E-state index contributed by atoms with van der Waals surface area (Å²) in [6.45, 7) is 5.76. The smallest absolute Gasteiger partial charge is 0.259 e. The Hall–Kier alpha value is -2.60. The second-order valence-electron chi connectivity index (χ2n) is 7.16. The summed E-state index contributed by atoms with van der Waals surface area (Å²) in [7, 11) is 0. The van der Waals surface area contributed by atoms with Gasteiger partial charge in [0, 0.05) is 5.92 Å². The normalized spacial score (nSPS) is 22.6. The van der Waals surface area contributed by atoms with Crippen molar-refractivity contribution in [2.45, 2.75) is 45.8 Å². The molecule has 1 fully saturated rings. The number of aliphatic hydroxyl groups is 2. The zero-order valence-electron chi connectivity index (χ0n) is 15.8. The van der Waals surface area contributed by atoms with Crippen molar-refractivity contribution in [3.8, 4) is 5.75 Å². The molecule has 1 aromatic rings. The van der Waals surface area contributed by atoms with Crippen LogP contribution in [-0.4, -0.2) is 33.1 Å². The topological polar surface area (TPSA) is 107 Å². The lowest BCUT2D eigenvalue weighted by Crippen LogP contribution is -2.35. The number of phenolic OH excluding ortho intramolecular Hbond substituents is 1. The summed E-state index contributed by atoms with van der Waals surface area (Å²) in [6, 6.07) is 4.58. The molecule has 1 aliphatic heterocycles. The molecule has 1 aromatic carbocycles. The molecular weight excluding hydrogens is 346 g/mol. The SMILES string of the molecule is C/C=C/CC(C)CC(C)/C(O)=C1\C(=O)NC(C(O)c2ccc(O)cc2)C1=O. The van der Waals surface area contributed by atoms with Gasteiger partial charge in [-0.25, -0.2) is 0 Å². The Kier molecular flexibility index (Phi) is 6.80. The molecule has 0 bridgehead atoms. The molecule has 1 saturated heterocycles. The van der Waals surface area contributed by atoms with Gasteiger partial charge >= 0.3 is 0 Å². The van der Waals surface area contributed by atoms with Crippen LogP contribution in [-0.2, 0) is 9.59 Å². The lowest BCUT2D eigenvalue weighted by molar-refractivity contribution is -0.118. The fourth-order valence-corrected chi connectivity index (χ4v) is 3.30. The molecule has 2 rings (SSSR count). The fraction of sp³-hybridized carbons (Fsp3) is 0.429. The van der Waals surface area contributed by atoms with Gasteiger partial charge in [-0.3, -0.25) is 9.59 Å². The maximum Gasteiger partial charge on any atom is 0.259 e. The summed E-state index contributed by atoms with van der Waals surface area (Å²) in [5.41, 5.74) is 0.115. The third kappa shape index (κ3) is 4.77. The number of benzene rings is 1. The van der Waals surface area contributed by atoms with E-state index in [1.54, 1.807) is 6.92 Å². The van der Waals surface area contributed by atoms with Crippen molar-refractivity contribution < 1.29 is 24.9 Å². The van der Waals surface area contributed by atoms with Crippen molar-refractivity contribution in [1.82, 2.24) is 5.32 Å². The van der Waals surface area contributed by atoms with Crippen molar-refractivity contribution in [1.29, 1.82) is 0 Å². The van der Waals surface area contributed by atoms with Crippen LogP contribution in [0.3, 0.4) is 0 Å². The summed E-state index contributed by atoms with van der Waals surface area (Å²) in [4.78, 5) is 25.0. The number of hydrogen-bond donors (Lipinski definition) is 4. The van der Waals surface area contributed by atoms with Crippen LogP contribution in [0.15, 0.2) is 47.7 Å². The van der Waals surface area contributed by atoms with Crippen LogP contribution in [0.25, 0.3) is 0 Å². The van der Waals surface area contributed by atoms with Gasteiger partial charge in [0.2, 0.25) is 0 Å². The Bertz CT molecular complexity index is 750. The molecule has 1 amide bonds. The van der Waals surface area contributed by atoms with E-state index in [1.807, 2.05) is 26.0 Å². The van der Waals surface area contributed by atoms with Crippen LogP contribution in [0.5, 0.6) is 5.75 Å². The number of allylic oxidation sites excluding steroid dienone is 3. The molecule has 27 heavy (non-hydrogen) atoms. The van der Waals surface area contributed by atoms with Gasteiger partial charge in [0.05, 0.1) is 0 Å². The highest BCUT2D eigenvalue weighted by Gasteiger charge is 2.43. The van der Waals surface area contributed by atoms with E-state index < -0.39 is 23.8 Å². The molecule has 146 valence electrons.